The van der Waals surface area contributed by atoms with E-state index in [1.165, 1.54) is 23.1 Å². The molecule has 30 heavy (non-hydrogen) atoms. The maximum atomic E-state index is 12.6. The molecule has 0 saturated carbocycles. The number of aromatic nitrogens is 2. The molecule has 8 heteroatoms. The number of esters is 1. The quantitative estimate of drug-likeness (QED) is 0.506. The highest BCUT2D eigenvalue weighted by Crippen LogP contribution is 2.37. The van der Waals surface area contributed by atoms with Gasteiger partial charge in [-0.2, -0.15) is 5.26 Å². The fourth-order valence-electron chi connectivity index (χ4n) is 3.62. The minimum Gasteiger partial charge on any atom is -0.448 e. The molecule has 0 fully saturated rings. The van der Waals surface area contributed by atoms with Crippen molar-refractivity contribution in [2.24, 2.45) is 0 Å². The van der Waals surface area contributed by atoms with Crippen LogP contribution in [0.2, 0.25) is 0 Å². The zero-order valence-electron chi connectivity index (χ0n) is 16.9. The SMILES string of the molecule is Cc1ccn2cc(C(=O)OC(C)C(=O)Nc3sc4c(c3C#N)CCCCC4)nc2c1. The number of rotatable bonds is 4. The number of aryl methyl sites for hydroxylation is 2. The van der Waals surface area contributed by atoms with Gasteiger partial charge in [-0.1, -0.05) is 6.42 Å². The average Bonchev–Trinajstić information content (AvgIpc) is 3.20. The van der Waals surface area contributed by atoms with Crippen LogP contribution >= 0.6 is 11.3 Å². The van der Waals surface area contributed by atoms with Gasteiger partial charge in [-0.15, -0.1) is 11.3 Å². The molecule has 0 aromatic carbocycles. The molecule has 1 aliphatic carbocycles. The van der Waals surface area contributed by atoms with Gasteiger partial charge in [-0.05, 0) is 62.8 Å². The second-order valence-electron chi connectivity index (χ2n) is 7.51. The summed E-state index contributed by atoms with van der Waals surface area (Å²) in [5.74, 6) is -1.13. The molecular formula is C22H22N4O3S. The molecule has 1 N–H and O–H groups in total. The molecule has 1 atom stereocenters. The summed E-state index contributed by atoms with van der Waals surface area (Å²) in [5.41, 5.74) is 3.40. The van der Waals surface area contributed by atoms with Crippen LogP contribution in [0.4, 0.5) is 5.00 Å². The van der Waals surface area contributed by atoms with E-state index >= 15 is 0 Å². The molecular weight excluding hydrogens is 400 g/mol. The van der Waals surface area contributed by atoms with Gasteiger partial charge in [0.25, 0.3) is 5.91 Å². The van der Waals surface area contributed by atoms with Gasteiger partial charge in [0.15, 0.2) is 11.8 Å². The first kappa shape index (κ1) is 20.1. The van der Waals surface area contributed by atoms with Crippen molar-refractivity contribution in [3.05, 3.63) is 51.8 Å². The highest BCUT2D eigenvalue weighted by atomic mass is 32.1. The van der Waals surface area contributed by atoms with Crippen molar-refractivity contribution in [3.8, 4) is 6.07 Å². The number of nitrogens with one attached hydrogen (secondary N) is 1. The minimum absolute atomic E-state index is 0.140. The molecule has 0 saturated heterocycles. The first-order valence-corrected chi connectivity index (χ1v) is 10.8. The van der Waals surface area contributed by atoms with Gasteiger partial charge in [-0.25, -0.2) is 9.78 Å². The summed E-state index contributed by atoms with van der Waals surface area (Å²) in [6, 6.07) is 6.01. The molecule has 4 rings (SSSR count). The second-order valence-corrected chi connectivity index (χ2v) is 8.62. The lowest BCUT2D eigenvalue weighted by molar-refractivity contribution is -0.123. The summed E-state index contributed by atoms with van der Waals surface area (Å²) < 4.78 is 7.05. The summed E-state index contributed by atoms with van der Waals surface area (Å²) in [7, 11) is 0. The first-order valence-electron chi connectivity index (χ1n) is 9.98. The van der Waals surface area contributed by atoms with Crippen molar-refractivity contribution in [2.75, 3.05) is 5.32 Å². The van der Waals surface area contributed by atoms with Crippen LogP contribution in [-0.4, -0.2) is 27.4 Å². The summed E-state index contributed by atoms with van der Waals surface area (Å²) in [4.78, 5) is 30.5. The number of carbonyl (C=O) groups excluding carboxylic acids is 2. The third kappa shape index (κ3) is 3.94. The zero-order chi connectivity index (χ0) is 21.3. The number of nitriles is 1. The molecule has 0 radical (unpaired) electrons. The topological polar surface area (TPSA) is 96.5 Å². The summed E-state index contributed by atoms with van der Waals surface area (Å²) in [6.07, 6.45) is 7.48. The monoisotopic (exact) mass is 422 g/mol. The van der Waals surface area contributed by atoms with E-state index in [2.05, 4.69) is 16.4 Å². The van der Waals surface area contributed by atoms with E-state index in [4.69, 9.17) is 4.74 Å². The van der Waals surface area contributed by atoms with Gasteiger partial charge < -0.3 is 14.5 Å². The fraction of sp³-hybridized carbons (Fsp3) is 0.364. The van der Waals surface area contributed by atoms with E-state index in [-0.39, 0.29) is 5.69 Å². The summed E-state index contributed by atoms with van der Waals surface area (Å²) in [6.45, 7) is 3.45. The Hall–Kier alpha value is -3.18. The van der Waals surface area contributed by atoms with Gasteiger partial charge in [0.05, 0.1) is 5.56 Å². The van der Waals surface area contributed by atoms with Crippen LogP contribution in [0.1, 0.15) is 58.2 Å². The highest BCUT2D eigenvalue weighted by molar-refractivity contribution is 7.16. The molecule has 154 valence electrons. The third-order valence-electron chi connectivity index (χ3n) is 5.25. The van der Waals surface area contributed by atoms with Gasteiger partial charge in [0.1, 0.15) is 16.7 Å². The van der Waals surface area contributed by atoms with E-state index in [0.29, 0.717) is 16.2 Å². The van der Waals surface area contributed by atoms with E-state index < -0.39 is 18.0 Å². The number of carbonyl (C=O) groups is 2. The molecule has 1 amide bonds. The number of pyridine rings is 1. The van der Waals surface area contributed by atoms with Crippen molar-refractivity contribution in [1.29, 1.82) is 5.26 Å². The average molecular weight is 423 g/mol. The van der Waals surface area contributed by atoms with Gasteiger partial charge in [0.2, 0.25) is 0 Å². The Kier molecular flexibility index (Phi) is 5.55. The van der Waals surface area contributed by atoms with Crippen molar-refractivity contribution in [1.82, 2.24) is 9.38 Å². The summed E-state index contributed by atoms with van der Waals surface area (Å²) >= 11 is 1.45. The molecule has 0 spiro atoms. The van der Waals surface area contributed by atoms with Crippen LogP contribution < -0.4 is 5.32 Å². The maximum Gasteiger partial charge on any atom is 0.359 e. The molecule has 3 heterocycles. The normalized spacial score (nSPS) is 14.4. The van der Waals surface area contributed by atoms with Crippen molar-refractivity contribution in [2.45, 2.75) is 52.1 Å². The lowest BCUT2D eigenvalue weighted by Crippen LogP contribution is -2.30. The Morgan fingerprint density at radius 3 is 2.93 bits per heavy atom. The predicted octanol–water partition coefficient (Wildman–Crippen LogP) is 4.03. The minimum atomic E-state index is -1.02. The first-order chi connectivity index (χ1) is 14.5. The Morgan fingerprint density at radius 2 is 2.13 bits per heavy atom. The van der Waals surface area contributed by atoms with Crippen LogP contribution in [0, 0.1) is 18.3 Å². The Balaban J connectivity index is 1.46. The Bertz CT molecular complexity index is 1170. The number of hydrogen-bond acceptors (Lipinski definition) is 6. The van der Waals surface area contributed by atoms with Crippen LogP contribution in [0.5, 0.6) is 0 Å². The number of nitrogens with zero attached hydrogens (tertiary/aromatic N) is 3. The molecule has 0 aliphatic heterocycles. The van der Waals surface area contributed by atoms with Crippen LogP contribution in [0.15, 0.2) is 24.5 Å². The number of fused-ring (bicyclic) bond motifs is 2. The second kappa shape index (κ2) is 8.28. The van der Waals surface area contributed by atoms with Crippen molar-refractivity contribution in [3.63, 3.8) is 0 Å². The lowest BCUT2D eigenvalue weighted by atomic mass is 10.1. The fourth-order valence-corrected chi connectivity index (χ4v) is 4.86. The highest BCUT2D eigenvalue weighted by Gasteiger charge is 2.25. The van der Waals surface area contributed by atoms with E-state index in [1.54, 1.807) is 10.6 Å². The van der Waals surface area contributed by atoms with Gasteiger partial charge in [-0.3, -0.25) is 4.79 Å². The largest absolute Gasteiger partial charge is 0.448 e. The van der Waals surface area contributed by atoms with Crippen LogP contribution in [0.3, 0.4) is 0 Å². The number of ether oxygens (including phenoxy) is 1. The van der Waals surface area contributed by atoms with E-state index in [9.17, 15) is 14.9 Å². The van der Waals surface area contributed by atoms with E-state index in [0.717, 1.165) is 43.2 Å². The predicted molar refractivity (Wildman–Crippen MR) is 114 cm³/mol. The molecule has 7 nitrogen and oxygen atoms in total. The lowest BCUT2D eigenvalue weighted by Gasteiger charge is -2.12. The number of amides is 1. The van der Waals surface area contributed by atoms with Gasteiger partial charge >= 0.3 is 5.97 Å². The number of hydrogen-bond donors (Lipinski definition) is 1. The van der Waals surface area contributed by atoms with Gasteiger partial charge in [0, 0.05) is 17.3 Å². The number of anilines is 1. The molecule has 0 bridgehead atoms. The molecule has 1 aliphatic rings. The molecule has 1 unspecified atom stereocenters. The number of imidazole rings is 1. The van der Waals surface area contributed by atoms with Crippen LogP contribution in [0.25, 0.3) is 5.65 Å². The Labute approximate surface area is 178 Å². The van der Waals surface area contributed by atoms with Crippen molar-refractivity contribution < 1.29 is 14.3 Å². The smallest absolute Gasteiger partial charge is 0.359 e. The van der Waals surface area contributed by atoms with Crippen LogP contribution in [-0.2, 0) is 22.4 Å². The van der Waals surface area contributed by atoms with Crippen molar-refractivity contribution >= 4 is 33.9 Å². The molecule has 3 aromatic heterocycles. The zero-order valence-corrected chi connectivity index (χ0v) is 17.7. The number of thiophene rings is 1. The molecule has 3 aromatic rings. The maximum absolute atomic E-state index is 12.6. The Morgan fingerprint density at radius 1 is 1.33 bits per heavy atom. The summed E-state index contributed by atoms with van der Waals surface area (Å²) in [5, 5.41) is 12.9. The van der Waals surface area contributed by atoms with E-state index in [1.807, 2.05) is 25.3 Å². The standard InChI is InChI=1S/C22H22N4O3S/c1-13-8-9-26-12-17(24-19(26)10-13)22(28)29-14(2)20(27)25-21-16(11-23)15-6-4-3-5-7-18(15)30-21/h8-10,12,14H,3-7H2,1-2H3,(H,25,27). The third-order valence-corrected chi connectivity index (χ3v) is 6.45.